The Morgan fingerprint density at radius 1 is 1.00 bits per heavy atom. The highest BCUT2D eigenvalue weighted by atomic mass is 16.6. The summed E-state index contributed by atoms with van der Waals surface area (Å²) in [7, 11) is 0. The van der Waals surface area contributed by atoms with Crippen LogP contribution in [0.1, 0.15) is 5.56 Å². The SMILES string of the molecule is Cc1ccc(Oc2ncnc(Nc3ccc4c(c3)OCCO4)c2N)cc1. The topological polar surface area (TPSA) is 91.5 Å². The van der Waals surface area contributed by atoms with Gasteiger partial charge in [-0.2, -0.15) is 4.98 Å². The van der Waals surface area contributed by atoms with Gasteiger partial charge in [0.05, 0.1) is 0 Å². The number of nitrogen functional groups attached to an aromatic ring is 1. The summed E-state index contributed by atoms with van der Waals surface area (Å²) in [6.07, 6.45) is 1.40. The lowest BCUT2D eigenvalue weighted by Gasteiger charge is -2.19. The summed E-state index contributed by atoms with van der Waals surface area (Å²) in [5.41, 5.74) is 8.43. The predicted octanol–water partition coefficient (Wildman–Crippen LogP) is 3.67. The van der Waals surface area contributed by atoms with Gasteiger partial charge in [0.15, 0.2) is 17.3 Å². The number of nitrogens with two attached hydrogens (primary N) is 1. The van der Waals surface area contributed by atoms with E-state index in [1.165, 1.54) is 6.33 Å². The van der Waals surface area contributed by atoms with Crippen molar-refractivity contribution in [1.82, 2.24) is 9.97 Å². The Bertz CT molecular complexity index is 929. The molecular formula is C19H18N4O3. The van der Waals surface area contributed by atoms with Gasteiger partial charge in [-0.05, 0) is 31.2 Å². The second-order valence-corrected chi connectivity index (χ2v) is 5.84. The van der Waals surface area contributed by atoms with Crippen LogP contribution in [-0.4, -0.2) is 23.2 Å². The first-order valence-electron chi connectivity index (χ1n) is 8.21. The van der Waals surface area contributed by atoms with Crippen LogP contribution in [0.5, 0.6) is 23.1 Å². The van der Waals surface area contributed by atoms with Gasteiger partial charge in [-0.15, -0.1) is 0 Å². The van der Waals surface area contributed by atoms with Crippen LogP contribution in [0, 0.1) is 6.92 Å². The Labute approximate surface area is 150 Å². The predicted molar refractivity (Wildman–Crippen MR) is 98.4 cm³/mol. The molecule has 0 unspecified atom stereocenters. The molecule has 0 fully saturated rings. The quantitative estimate of drug-likeness (QED) is 0.741. The van der Waals surface area contributed by atoms with Gasteiger partial charge in [0.1, 0.15) is 31.0 Å². The number of hydrogen-bond donors (Lipinski definition) is 2. The third kappa shape index (κ3) is 3.32. The number of benzene rings is 2. The summed E-state index contributed by atoms with van der Waals surface area (Å²) in [6.45, 7) is 3.09. The smallest absolute Gasteiger partial charge is 0.248 e. The lowest BCUT2D eigenvalue weighted by molar-refractivity contribution is 0.171. The zero-order valence-electron chi connectivity index (χ0n) is 14.2. The fourth-order valence-electron chi connectivity index (χ4n) is 2.54. The van der Waals surface area contributed by atoms with Gasteiger partial charge in [-0.25, -0.2) is 4.98 Å². The van der Waals surface area contributed by atoms with Crippen molar-refractivity contribution in [2.24, 2.45) is 0 Å². The van der Waals surface area contributed by atoms with Crippen LogP contribution in [0.25, 0.3) is 0 Å². The van der Waals surface area contributed by atoms with Crippen LogP contribution in [0.4, 0.5) is 17.2 Å². The van der Waals surface area contributed by atoms with Crippen molar-refractivity contribution < 1.29 is 14.2 Å². The number of anilines is 3. The Kier molecular flexibility index (Phi) is 4.18. The Morgan fingerprint density at radius 2 is 1.77 bits per heavy atom. The van der Waals surface area contributed by atoms with Crippen LogP contribution in [-0.2, 0) is 0 Å². The molecule has 7 nitrogen and oxygen atoms in total. The minimum absolute atomic E-state index is 0.295. The molecule has 3 N–H and O–H groups in total. The zero-order valence-corrected chi connectivity index (χ0v) is 14.2. The number of rotatable bonds is 4. The van der Waals surface area contributed by atoms with Crippen molar-refractivity contribution in [3.8, 4) is 23.1 Å². The molecule has 0 amide bonds. The van der Waals surface area contributed by atoms with Crippen LogP contribution in [0.3, 0.4) is 0 Å². The van der Waals surface area contributed by atoms with Gasteiger partial charge in [0.25, 0.3) is 0 Å². The number of aryl methyl sites for hydroxylation is 1. The highest BCUT2D eigenvalue weighted by Gasteiger charge is 2.14. The fourth-order valence-corrected chi connectivity index (χ4v) is 2.54. The van der Waals surface area contributed by atoms with Crippen LogP contribution in [0.15, 0.2) is 48.8 Å². The zero-order chi connectivity index (χ0) is 17.9. The molecule has 2 aromatic carbocycles. The molecule has 1 aliphatic rings. The standard InChI is InChI=1S/C19H18N4O3/c1-12-2-5-14(6-3-12)26-19-17(20)18(21-11-22-19)23-13-4-7-15-16(10-13)25-9-8-24-15/h2-7,10-11H,8-9,20H2,1H3,(H,21,22,23). The fraction of sp³-hybridized carbons (Fsp3) is 0.158. The largest absolute Gasteiger partial charge is 0.486 e. The number of ether oxygens (including phenoxy) is 3. The van der Waals surface area contributed by atoms with E-state index in [0.29, 0.717) is 42.1 Å². The maximum absolute atomic E-state index is 6.18. The normalized spacial score (nSPS) is 12.5. The molecule has 4 rings (SSSR count). The van der Waals surface area contributed by atoms with Gasteiger partial charge in [-0.1, -0.05) is 17.7 Å². The average Bonchev–Trinajstić information content (AvgIpc) is 2.67. The molecule has 26 heavy (non-hydrogen) atoms. The van der Waals surface area contributed by atoms with Crippen molar-refractivity contribution in [1.29, 1.82) is 0 Å². The molecule has 0 atom stereocenters. The Morgan fingerprint density at radius 3 is 2.58 bits per heavy atom. The Hall–Kier alpha value is -3.48. The number of nitrogens with one attached hydrogen (secondary N) is 1. The molecule has 1 aromatic heterocycles. The van der Waals surface area contributed by atoms with E-state index in [2.05, 4.69) is 15.3 Å². The molecule has 1 aliphatic heterocycles. The second-order valence-electron chi connectivity index (χ2n) is 5.84. The molecule has 7 heteroatoms. The van der Waals surface area contributed by atoms with E-state index in [4.69, 9.17) is 19.9 Å². The Balaban J connectivity index is 1.56. The summed E-state index contributed by atoms with van der Waals surface area (Å²) in [5, 5.41) is 3.17. The molecule has 0 aliphatic carbocycles. The van der Waals surface area contributed by atoms with Gasteiger partial charge >= 0.3 is 0 Å². The summed E-state index contributed by atoms with van der Waals surface area (Å²) < 4.78 is 16.9. The van der Waals surface area contributed by atoms with E-state index in [9.17, 15) is 0 Å². The first kappa shape index (κ1) is 16.0. The second kappa shape index (κ2) is 6.79. The third-order valence-electron chi connectivity index (χ3n) is 3.89. The molecule has 132 valence electrons. The van der Waals surface area contributed by atoms with Crippen LogP contribution >= 0.6 is 0 Å². The molecule has 0 saturated heterocycles. The summed E-state index contributed by atoms with van der Waals surface area (Å²) in [5.74, 6) is 2.82. The van der Waals surface area contributed by atoms with Crippen LogP contribution in [0.2, 0.25) is 0 Å². The molecule has 0 saturated carbocycles. The lowest BCUT2D eigenvalue weighted by atomic mass is 10.2. The molecule has 0 bridgehead atoms. The summed E-state index contributed by atoms with van der Waals surface area (Å²) in [6, 6.07) is 13.2. The number of aromatic nitrogens is 2. The minimum Gasteiger partial charge on any atom is -0.486 e. The van der Waals surface area contributed by atoms with E-state index in [0.717, 1.165) is 17.0 Å². The molecule has 0 radical (unpaired) electrons. The minimum atomic E-state index is 0.295. The highest BCUT2D eigenvalue weighted by Crippen LogP contribution is 2.35. The van der Waals surface area contributed by atoms with Gasteiger partial charge < -0.3 is 25.3 Å². The number of nitrogens with zero attached hydrogens (tertiary/aromatic N) is 2. The summed E-state index contributed by atoms with van der Waals surface area (Å²) in [4.78, 5) is 8.33. The van der Waals surface area contributed by atoms with E-state index in [-0.39, 0.29) is 0 Å². The maximum Gasteiger partial charge on any atom is 0.248 e. The van der Waals surface area contributed by atoms with Crippen molar-refractivity contribution in [3.05, 3.63) is 54.4 Å². The van der Waals surface area contributed by atoms with Crippen molar-refractivity contribution >= 4 is 17.2 Å². The summed E-state index contributed by atoms with van der Waals surface area (Å²) >= 11 is 0. The van der Waals surface area contributed by atoms with E-state index < -0.39 is 0 Å². The maximum atomic E-state index is 6.18. The first-order valence-corrected chi connectivity index (χ1v) is 8.21. The molecular weight excluding hydrogens is 332 g/mol. The van der Waals surface area contributed by atoms with Gasteiger partial charge in [-0.3, -0.25) is 0 Å². The molecule has 0 spiro atoms. The van der Waals surface area contributed by atoms with Crippen LogP contribution < -0.4 is 25.3 Å². The van der Waals surface area contributed by atoms with Gasteiger partial charge in [0.2, 0.25) is 5.88 Å². The van der Waals surface area contributed by atoms with Crippen molar-refractivity contribution in [3.63, 3.8) is 0 Å². The lowest BCUT2D eigenvalue weighted by Crippen LogP contribution is -2.15. The number of fused-ring (bicyclic) bond motifs is 1. The van der Waals surface area contributed by atoms with E-state index in [1.807, 2.05) is 49.4 Å². The van der Waals surface area contributed by atoms with Crippen molar-refractivity contribution in [2.75, 3.05) is 24.3 Å². The van der Waals surface area contributed by atoms with E-state index >= 15 is 0 Å². The third-order valence-corrected chi connectivity index (χ3v) is 3.89. The number of hydrogen-bond acceptors (Lipinski definition) is 7. The highest BCUT2D eigenvalue weighted by molar-refractivity contribution is 5.73. The first-order chi connectivity index (χ1) is 12.7. The monoisotopic (exact) mass is 350 g/mol. The molecule has 3 aromatic rings. The molecule has 2 heterocycles. The van der Waals surface area contributed by atoms with Crippen molar-refractivity contribution in [2.45, 2.75) is 6.92 Å². The van der Waals surface area contributed by atoms with E-state index in [1.54, 1.807) is 0 Å². The van der Waals surface area contributed by atoms with Gasteiger partial charge in [0, 0.05) is 11.8 Å². The average molecular weight is 350 g/mol.